The van der Waals surface area contributed by atoms with E-state index in [1.807, 2.05) is 0 Å². The fraction of sp³-hybridized carbons (Fsp3) is 0.741. The van der Waals surface area contributed by atoms with E-state index in [-0.39, 0.29) is 6.54 Å². The predicted octanol–water partition coefficient (Wildman–Crippen LogP) is -0.731. The van der Waals surface area contributed by atoms with E-state index < -0.39 is 103 Å². The van der Waals surface area contributed by atoms with Crippen LogP contribution in [0.3, 0.4) is 0 Å². The van der Waals surface area contributed by atoms with Crippen LogP contribution in [0.25, 0.3) is 0 Å². The number of amides is 2. The van der Waals surface area contributed by atoms with Gasteiger partial charge in [-0.05, 0) is 33.6 Å². The Morgan fingerprint density at radius 1 is 0.884 bits per heavy atom. The normalized spacial score (nSPS) is 26.0. The minimum Gasteiger partial charge on any atom is -0.463 e. The first-order valence-corrected chi connectivity index (χ1v) is 13.7. The molecule has 16 heteroatoms. The van der Waals surface area contributed by atoms with Crippen LogP contribution in [0.2, 0.25) is 0 Å². The number of rotatable bonds is 10. The van der Waals surface area contributed by atoms with E-state index in [1.165, 1.54) is 0 Å². The third-order valence-electron chi connectivity index (χ3n) is 6.17. The number of nitrogens with zero attached hydrogens (tertiary/aromatic N) is 1. The molecule has 0 spiro atoms. The van der Waals surface area contributed by atoms with Crippen molar-refractivity contribution < 1.29 is 67.1 Å². The summed E-state index contributed by atoms with van der Waals surface area (Å²) in [7, 11) is 0. The Hall–Kier alpha value is -3.79. The van der Waals surface area contributed by atoms with Crippen LogP contribution in [0.5, 0.6) is 0 Å². The predicted molar refractivity (Wildman–Crippen MR) is 141 cm³/mol. The molecule has 0 saturated carbocycles. The van der Waals surface area contributed by atoms with Crippen LogP contribution >= 0.6 is 0 Å². The maximum absolute atomic E-state index is 13.0. The highest BCUT2D eigenvalue weighted by Gasteiger charge is 2.53. The van der Waals surface area contributed by atoms with Crippen LogP contribution in [0.4, 0.5) is 0 Å². The summed E-state index contributed by atoms with van der Waals surface area (Å²) in [6.07, 6.45) is -9.23. The third-order valence-corrected chi connectivity index (χ3v) is 6.17. The second-order valence-corrected chi connectivity index (χ2v) is 11.1. The van der Waals surface area contributed by atoms with E-state index in [2.05, 4.69) is 5.32 Å². The van der Waals surface area contributed by atoms with Gasteiger partial charge in [-0.1, -0.05) is 0 Å². The summed E-state index contributed by atoms with van der Waals surface area (Å²) in [4.78, 5) is 87.0. The molecule has 2 heterocycles. The summed E-state index contributed by atoms with van der Waals surface area (Å²) < 4.78 is 32.0. The number of aliphatic hydroxyl groups excluding tert-OH is 1. The standard InChI is InChI=1S/C27H40N2O14/c1-13(30)38-12-19-21(39-14(2)31)22(40-15(3)32)23(41-16(4)33)24(42-19)28-20(35)11-18(34)25(36)29-10-8-9-17(29)26(37)43-27(5,6)7/h17-19,21-24,34H,8-12H2,1-7H3,(H,28,35)/t17-,18-,19+,21+,22-,23+,24+/m0/s1. The number of aliphatic hydroxyl groups is 1. The lowest BCUT2D eigenvalue weighted by molar-refractivity contribution is -0.257. The van der Waals surface area contributed by atoms with Gasteiger partial charge in [-0.2, -0.15) is 0 Å². The Bertz CT molecular complexity index is 1090. The molecule has 2 aliphatic heterocycles. The zero-order valence-corrected chi connectivity index (χ0v) is 25.3. The zero-order chi connectivity index (χ0) is 32.6. The van der Waals surface area contributed by atoms with Crippen molar-refractivity contribution in [2.45, 2.75) is 116 Å². The molecular formula is C27H40N2O14. The third kappa shape index (κ3) is 10.8. The molecule has 2 rings (SSSR count). The van der Waals surface area contributed by atoms with Gasteiger partial charge in [0.05, 0.1) is 6.42 Å². The van der Waals surface area contributed by atoms with Gasteiger partial charge in [-0.3, -0.25) is 28.8 Å². The van der Waals surface area contributed by atoms with E-state index in [0.717, 1.165) is 32.6 Å². The Labute approximate surface area is 248 Å². The molecule has 2 saturated heterocycles. The van der Waals surface area contributed by atoms with Crippen molar-refractivity contribution in [2.75, 3.05) is 13.2 Å². The van der Waals surface area contributed by atoms with Crippen LogP contribution in [0, 0.1) is 0 Å². The molecule has 16 nitrogen and oxygen atoms in total. The molecule has 0 aliphatic carbocycles. The Morgan fingerprint density at radius 3 is 1.98 bits per heavy atom. The molecule has 0 aromatic rings. The van der Waals surface area contributed by atoms with Gasteiger partial charge in [0, 0.05) is 34.2 Å². The van der Waals surface area contributed by atoms with Crippen molar-refractivity contribution >= 4 is 41.7 Å². The van der Waals surface area contributed by atoms with Crippen molar-refractivity contribution in [3.05, 3.63) is 0 Å². The zero-order valence-electron chi connectivity index (χ0n) is 25.3. The van der Waals surface area contributed by atoms with Gasteiger partial charge in [0.1, 0.15) is 30.5 Å². The highest BCUT2D eigenvalue weighted by molar-refractivity contribution is 5.91. The number of ether oxygens (including phenoxy) is 6. The van der Waals surface area contributed by atoms with E-state index in [0.29, 0.717) is 12.8 Å². The van der Waals surface area contributed by atoms with Gasteiger partial charge in [0.2, 0.25) is 5.91 Å². The van der Waals surface area contributed by atoms with Crippen LogP contribution in [0.1, 0.15) is 67.7 Å². The summed E-state index contributed by atoms with van der Waals surface area (Å²) >= 11 is 0. The largest absolute Gasteiger partial charge is 0.463 e. The fourth-order valence-corrected chi connectivity index (χ4v) is 4.66. The minimum atomic E-state index is -1.87. The summed E-state index contributed by atoms with van der Waals surface area (Å²) in [5, 5.41) is 13.0. The second-order valence-electron chi connectivity index (χ2n) is 11.1. The SMILES string of the molecule is CC(=O)OC[C@H]1O[C@@H](NC(=O)C[C@H](O)C(=O)N2CCC[C@H]2C(=O)OC(C)(C)C)[C@H](OC(C)=O)[C@@H](OC(C)=O)[C@@H]1OC(C)=O. The van der Waals surface area contributed by atoms with Gasteiger partial charge >= 0.3 is 29.8 Å². The molecule has 0 bridgehead atoms. The van der Waals surface area contributed by atoms with Crippen molar-refractivity contribution in [3.63, 3.8) is 0 Å². The molecule has 43 heavy (non-hydrogen) atoms. The quantitative estimate of drug-likeness (QED) is 0.229. The van der Waals surface area contributed by atoms with Gasteiger partial charge < -0.3 is 43.7 Å². The van der Waals surface area contributed by atoms with E-state index in [9.17, 15) is 38.7 Å². The first-order chi connectivity index (χ1) is 19.9. The number of carbonyl (C=O) groups excluding carboxylic acids is 7. The van der Waals surface area contributed by atoms with Gasteiger partial charge in [0.15, 0.2) is 24.5 Å². The highest BCUT2D eigenvalue weighted by atomic mass is 16.7. The lowest BCUT2D eigenvalue weighted by Crippen LogP contribution is -2.66. The number of esters is 5. The van der Waals surface area contributed by atoms with Gasteiger partial charge in [-0.25, -0.2) is 4.79 Å². The molecule has 0 aromatic carbocycles. The maximum atomic E-state index is 13.0. The molecule has 0 aromatic heterocycles. The molecule has 0 unspecified atom stereocenters. The molecule has 7 atom stereocenters. The molecule has 2 N–H and O–H groups in total. The highest BCUT2D eigenvalue weighted by Crippen LogP contribution is 2.29. The molecule has 242 valence electrons. The molecule has 2 amide bonds. The number of carbonyl (C=O) groups is 7. The lowest BCUT2D eigenvalue weighted by Gasteiger charge is -2.44. The van der Waals surface area contributed by atoms with Crippen LogP contribution in [-0.4, -0.2) is 113 Å². The first-order valence-electron chi connectivity index (χ1n) is 13.7. The van der Waals surface area contributed by atoms with Crippen LogP contribution in [0.15, 0.2) is 0 Å². The Balaban J connectivity index is 2.25. The van der Waals surface area contributed by atoms with Gasteiger partial charge in [0.25, 0.3) is 5.91 Å². The van der Waals surface area contributed by atoms with Crippen molar-refractivity contribution in [1.82, 2.24) is 10.2 Å². The van der Waals surface area contributed by atoms with Crippen LogP contribution < -0.4 is 5.32 Å². The fourth-order valence-electron chi connectivity index (χ4n) is 4.66. The Morgan fingerprint density at radius 2 is 1.44 bits per heavy atom. The molecule has 2 aliphatic rings. The average Bonchev–Trinajstić information content (AvgIpc) is 3.34. The molecule has 2 fully saturated rings. The summed E-state index contributed by atoms with van der Waals surface area (Å²) in [5.41, 5.74) is -0.795. The Kier molecular flexibility index (Phi) is 12.4. The first kappa shape index (κ1) is 35.4. The van der Waals surface area contributed by atoms with Crippen molar-refractivity contribution in [3.8, 4) is 0 Å². The van der Waals surface area contributed by atoms with E-state index >= 15 is 0 Å². The van der Waals surface area contributed by atoms with Gasteiger partial charge in [-0.15, -0.1) is 0 Å². The van der Waals surface area contributed by atoms with Crippen molar-refractivity contribution in [1.29, 1.82) is 0 Å². The monoisotopic (exact) mass is 616 g/mol. The number of nitrogens with one attached hydrogen (secondary N) is 1. The average molecular weight is 617 g/mol. The number of hydrogen-bond acceptors (Lipinski definition) is 14. The van der Waals surface area contributed by atoms with E-state index in [4.69, 9.17) is 28.4 Å². The number of hydrogen-bond donors (Lipinski definition) is 2. The number of likely N-dealkylation sites (tertiary alicyclic amines) is 1. The van der Waals surface area contributed by atoms with Crippen molar-refractivity contribution in [2.24, 2.45) is 0 Å². The maximum Gasteiger partial charge on any atom is 0.329 e. The van der Waals surface area contributed by atoms with E-state index in [1.54, 1.807) is 20.8 Å². The lowest BCUT2D eigenvalue weighted by atomic mass is 9.97. The smallest absolute Gasteiger partial charge is 0.329 e. The summed E-state index contributed by atoms with van der Waals surface area (Å²) in [6.45, 7) is 8.96. The minimum absolute atomic E-state index is 0.168. The second kappa shape index (κ2) is 15.1. The van der Waals surface area contributed by atoms with Crippen LogP contribution in [-0.2, 0) is 62.0 Å². The molecular weight excluding hydrogens is 576 g/mol. The summed E-state index contributed by atoms with van der Waals surface area (Å²) in [6, 6.07) is -0.927. The summed E-state index contributed by atoms with van der Waals surface area (Å²) in [5.74, 6) is -5.72. The molecule has 0 radical (unpaired) electrons. The topological polar surface area (TPSA) is 210 Å².